The summed E-state index contributed by atoms with van der Waals surface area (Å²) in [5, 5.41) is 0. The molecule has 1 aromatic rings. The summed E-state index contributed by atoms with van der Waals surface area (Å²) in [5.74, 6) is 0.993. The molecule has 0 saturated carbocycles. The van der Waals surface area contributed by atoms with Gasteiger partial charge in [0, 0.05) is 0 Å². The Morgan fingerprint density at radius 3 is 2.28 bits per heavy atom. The minimum absolute atomic E-state index is 0.250. The molecule has 0 heterocycles. The lowest BCUT2D eigenvalue weighted by Gasteiger charge is -2.30. The number of nitrogens with two attached hydrogens (primary N) is 1. The van der Waals surface area contributed by atoms with Crippen molar-refractivity contribution in [2.75, 3.05) is 13.7 Å². The van der Waals surface area contributed by atoms with Gasteiger partial charge in [-0.3, -0.25) is 0 Å². The zero-order valence-electron chi connectivity index (χ0n) is 12.3. The van der Waals surface area contributed by atoms with Crippen molar-refractivity contribution >= 4 is 0 Å². The van der Waals surface area contributed by atoms with Crippen LogP contribution in [-0.4, -0.2) is 13.7 Å². The van der Waals surface area contributed by atoms with Crippen molar-refractivity contribution in [3.05, 3.63) is 29.3 Å². The van der Waals surface area contributed by atoms with Crippen LogP contribution in [0, 0.1) is 5.41 Å². The van der Waals surface area contributed by atoms with E-state index in [0.717, 1.165) is 38.0 Å². The van der Waals surface area contributed by atoms with Crippen LogP contribution in [0.4, 0.5) is 0 Å². The Kier molecular flexibility index (Phi) is 5.67. The molecule has 2 heteroatoms. The second kappa shape index (κ2) is 6.79. The molecule has 0 aliphatic heterocycles. The Bertz CT molecular complexity index is 361. The van der Waals surface area contributed by atoms with Crippen LogP contribution in [0.15, 0.2) is 18.2 Å². The topological polar surface area (TPSA) is 35.2 Å². The van der Waals surface area contributed by atoms with Gasteiger partial charge in [0.15, 0.2) is 0 Å². The first-order valence-corrected chi connectivity index (χ1v) is 7.00. The lowest BCUT2D eigenvalue weighted by Crippen LogP contribution is -2.31. The minimum Gasteiger partial charge on any atom is -0.496 e. The third-order valence-corrected chi connectivity index (χ3v) is 4.24. The Morgan fingerprint density at radius 2 is 1.83 bits per heavy atom. The van der Waals surface area contributed by atoms with E-state index in [9.17, 15) is 0 Å². The van der Waals surface area contributed by atoms with Gasteiger partial charge in [-0.2, -0.15) is 0 Å². The normalized spacial score (nSPS) is 11.6. The van der Waals surface area contributed by atoms with Crippen molar-refractivity contribution in [2.45, 2.75) is 46.5 Å². The molecule has 0 radical (unpaired) electrons. The maximum absolute atomic E-state index is 5.98. The Labute approximate surface area is 112 Å². The second-order valence-electron chi connectivity index (χ2n) is 5.09. The monoisotopic (exact) mass is 249 g/mol. The molecule has 2 N–H and O–H groups in total. The molecule has 2 nitrogen and oxygen atoms in total. The highest BCUT2D eigenvalue weighted by Gasteiger charge is 2.24. The molecule has 1 rings (SSSR count). The fourth-order valence-corrected chi connectivity index (χ4v) is 2.51. The van der Waals surface area contributed by atoms with E-state index < -0.39 is 0 Å². The molecule has 0 atom stereocenters. The molecular formula is C16H27NO. The molecule has 0 saturated heterocycles. The summed E-state index contributed by atoms with van der Waals surface area (Å²) in [6.07, 6.45) is 4.33. The Balaban J connectivity index is 2.97. The predicted octanol–water partition coefficient (Wildman–Crippen LogP) is 3.57. The van der Waals surface area contributed by atoms with Gasteiger partial charge in [0.2, 0.25) is 0 Å². The fraction of sp³-hybridized carbons (Fsp3) is 0.625. The summed E-state index contributed by atoms with van der Waals surface area (Å²) in [7, 11) is 1.73. The molecule has 1 aromatic carbocycles. The second-order valence-corrected chi connectivity index (χ2v) is 5.09. The lowest BCUT2D eigenvalue weighted by atomic mass is 9.77. The molecule has 0 spiro atoms. The Morgan fingerprint density at radius 1 is 1.17 bits per heavy atom. The third-order valence-electron chi connectivity index (χ3n) is 4.24. The van der Waals surface area contributed by atoms with Gasteiger partial charge in [-0.05, 0) is 54.8 Å². The van der Waals surface area contributed by atoms with Crippen LogP contribution >= 0.6 is 0 Å². The van der Waals surface area contributed by atoms with Gasteiger partial charge in [-0.15, -0.1) is 0 Å². The lowest BCUT2D eigenvalue weighted by molar-refractivity contribution is 0.271. The Hall–Kier alpha value is -1.02. The first kappa shape index (κ1) is 15.0. The molecule has 0 aliphatic carbocycles. The zero-order chi connectivity index (χ0) is 13.6. The van der Waals surface area contributed by atoms with E-state index >= 15 is 0 Å². The molecule has 0 unspecified atom stereocenters. The highest BCUT2D eigenvalue weighted by molar-refractivity contribution is 5.37. The van der Waals surface area contributed by atoms with Gasteiger partial charge in [0.05, 0.1) is 7.11 Å². The van der Waals surface area contributed by atoms with Gasteiger partial charge in [-0.1, -0.05) is 32.9 Å². The largest absolute Gasteiger partial charge is 0.496 e. The van der Waals surface area contributed by atoms with E-state index in [1.165, 1.54) is 11.1 Å². The first-order chi connectivity index (χ1) is 8.64. The number of hydrogen-bond acceptors (Lipinski definition) is 2. The summed E-state index contributed by atoms with van der Waals surface area (Å²) >= 11 is 0. The number of benzene rings is 1. The predicted molar refractivity (Wildman–Crippen MR) is 78.1 cm³/mol. The number of ether oxygens (including phenoxy) is 1. The standard InChI is InChI=1S/C16H27NO/c1-5-14-10-13(8-9-15(14)18-4)11-16(6-2,7-3)12-17/h8-10H,5-7,11-12,17H2,1-4H3. The minimum atomic E-state index is 0.250. The molecule has 0 aliphatic rings. The SMILES string of the molecule is CCc1cc(CC(CC)(CC)CN)ccc1OC. The average Bonchev–Trinajstić information content (AvgIpc) is 2.44. The molecular weight excluding hydrogens is 222 g/mol. The smallest absolute Gasteiger partial charge is 0.122 e. The van der Waals surface area contributed by atoms with E-state index in [2.05, 4.69) is 39.0 Å². The fourth-order valence-electron chi connectivity index (χ4n) is 2.51. The van der Waals surface area contributed by atoms with E-state index in [0.29, 0.717) is 0 Å². The van der Waals surface area contributed by atoms with Crippen LogP contribution in [0.5, 0.6) is 5.75 Å². The summed E-state index contributed by atoms with van der Waals surface area (Å²) < 4.78 is 5.38. The highest BCUT2D eigenvalue weighted by atomic mass is 16.5. The highest BCUT2D eigenvalue weighted by Crippen LogP contribution is 2.31. The van der Waals surface area contributed by atoms with Crippen molar-refractivity contribution < 1.29 is 4.74 Å². The van der Waals surface area contributed by atoms with Gasteiger partial charge >= 0.3 is 0 Å². The number of hydrogen-bond donors (Lipinski definition) is 1. The average molecular weight is 249 g/mol. The molecule has 0 bridgehead atoms. The van der Waals surface area contributed by atoms with Gasteiger partial charge in [0.1, 0.15) is 5.75 Å². The van der Waals surface area contributed by atoms with Crippen molar-refractivity contribution in [2.24, 2.45) is 11.1 Å². The maximum Gasteiger partial charge on any atom is 0.122 e. The summed E-state index contributed by atoms with van der Waals surface area (Å²) in [5.41, 5.74) is 8.89. The number of methoxy groups -OCH3 is 1. The third kappa shape index (κ3) is 3.26. The molecule has 102 valence electrons. The van der Waals surface area contributed by atoms with Crippen molar-refractivity contribution in [3.8, 4) is 5.75 Å². The van der Waals surface area contributed by atoms with Crippen LogP contribution in [0.25, 0.3) is 0 Å². The van der Waals surface area contributed by atoms with Crippen LogP contribution in [0.1, 0.15) is 44.7 Å². The van der Waals surface area contributed by atoms with Crippen LogP contribution in [0.2, 0.25) is 0 Å². The number of rotatable bonds is 7. The van der Waals surface area contributed by atoms with Gasteiger partial charge in [0.25, 0.3) is 0 Å². The zero-order valence-corrected chi connectivity index (χ0v) is 12.3. The summed E-state index contributed by atoms with van der Waals surface area (Å²) in [6.45, 7) is 7.40. The summed E-state index contributed by atoms with van der Waals surface area (Å²) in [6, 6.07) is 6.53. The van der Waals surface area contributed by atoms with Crippen LogP contribution in [0.3, 0.4) is 0 Å². The van der Waals surface area contributed by atoms with Crippen molar-refractivity contribution in [3.63, 3.8) is 0 Å². The molecule has 0 aromatic heterocycles. The van der Waals surface area contributed by atoms with Crippen molar-refractivity contribution in [1.82, 2.24) is 0 Å². The first-order valence-electron chi connectivity index (χ1n) is 7.00. The number of aryl methyl sites for hydroxylation is 1. The van der Waals surface area contributed by atoms with Crippen LogP contribution in [-0.2, 0) is 12.8 Å². The molecule has 18 heavy (non-hydrogen) atoms. The van der Waals surface area contributed by atoms with Crippen molar-refractivity contribution in [1.29, 1.82) is 0 Å². The molecule has 0 amide bonds. The van der Waals surface area contributed by atoms with Crippen LogP contribution < -0.4 is 10.5 Å². The van der Waals surface area contributed by atoms with E-state index in [1.807, 2.05) is 0 Å². The quantitative estimate of drug-likeness (QED) is 0.802. The van der Waals surface area contributed by atoms with Gasteiger partial charge < -0.3 is 10.5 Å². The molecule has 0 fully saturated rings. The summed E-state index contributed by atoms with van der Waals surface area (Å²) in [4.78, 5) is 0. The van der Waals surface area contributed by atoms with E-state index in [-0.39, 0.29) is 5.41 Å². The van der Waals surface area contributed by atoms with Gasteiger partial charge in [-0.25, -0.2) is 0 Å². The van der Waals surface area contributed by atoms with E-state index in [4.69, 9.17) is 10.5 Å². The maximum atomic E-state index is 5.98. The van der Waals surface area contributed by atoms with E-state index in [1.54, 1.807) is 7.11 Å².